The molecule has 0 aromatic carbocycles. The summed E-state index contributed by atoms with van der Waals surface area (Å²) in [6.45, 7) is 17.3. The van der Waals surface area contributed by atoms with Gasteiger partial charge in [0.2, 0.25) is 40.1 Å². The van der Waals surface area contributed by atoms with Crippen LogP contribution in [0.4, 0.5) is 0 Å². The van der Waals surface area contributed by atoms with Gasteiger partial charge in [0.15, 0.2) is 11.4 Å². The Morgan fingerprint density at radius 1 is 0.682 bits per heavy atom. The van der Waals surface area contributed by atoms with Crippen molar-refractivity contribution in [3.8, 4) is 0 Å². The van der Waals surface area contributed by atoms with Gasteiger partial charge >= 0.3 is 23.1 Å². The molecule has 4 rings (SSSR count). The van der Waals surface area contributed by atoms with Crippen molar-refractivity contribution in [2.45, 2.75) is 105 Å². The molecule has 0 bridgehead atoms. The third-order valence-electron chi connectivity index (χ3n) is 10.6. The summed E-state index contributed by atoms with van der Waals surface area (Å²) in [5.74, 6) is -0.486. The zero-order valence-corrected chi connectivity index (χ0v) is 46.8. The number of carbonyl (C=O) groups is 1. The summed E-state index contributed by atoms with van der Waals surface area (Å²) in [6.07, 6.45) is 6.77. The van der Waals surface area contributed by atoms with Crippen molar-refractivity contribution in [3.63, 3.8) is 0 Å². The van der Waals surface area contributed by atoms with Crippen molar-refractivity contribution in [3.05, 3.63) is 42.9 Å². The number of rotatable bonds is 10. The molecule has 4 aliphatic heterocycles. The Morgan fingerprint density at radius 2 is 1.03 bits per heavy atom. The molecule has 0 aromatic heterocycles. The molecule has 4 fully saturated rings. The number of β-amino-alcohol motifs (C(OH)–C–C–N with tert-alkyl or cyclic N) is 2. The van der Waals surface area contributed by atoms with E-state index in [0.29, 0.717) is 26.2 Å². The monoisotopic (exact) mass is 1110 g/mol. The van der Waals surface area contributed by atoms with E-state index in [0.717, 1.165) is 32.3 Å². The fraction of sp³-hybridized carbons (Fsp3) is 0.800. The predicted octanol–water partition coefficient (Wildman–Crippen LogP) is -2.25. The van der Waals surface area contributed by atoms with E-state index in [9.17, 15) is 53.8 Å². The molecule has 6 atom stereocenters. The molecule has 4 saturated heterocycles. The Kier molecular flexibility index (Phi) is 36.2. The van der Waals surface area contributed by atoms with E-state index in [-0.39, 0.29) is 101 Å². The first-order chi connectivity index (χ1) is 27.4. The van der Waals surface area contributed by atoms with E-state index in [4.69, 9.17) is 18.9 Å². The number of nitrogens with zero attached hydrogens (tertiary/aromatic N) is 4. The van der Waals surface area contributed by atoms with E-state index in [2.05, 4.69) is 26.5 Å². The second-order valence-corrected chi connectivity index (χ2v) is 23.9. The second-order valence-electron chi connectivity index (χ2n) is 16.0. The van der Waals surface area contributed by atoms with Gasteiger partial charge in [0, 0.05) is 74.3 Å². The van der Waals surface area contributed by atoms with Crippen LogP contribution in [0.5, 0.6) is 0 Å². The van der Waals surface area contributed by atoms with Gasteiger partial charge in [-0.15, -0.1) is 0 Å². The molecule has 0 amide bonds. The largest absolute Gasteiger partial charge is 2.00 e. The molecule has 4 aliphatic rings. The van der Waals surface area contributed by atoms with E-state index in [1.807, 2.05) is 19.9 Å². The van der Waals surface area contributed by atoms with Crippen molar-refractivity contribution in [2.24, 2.45) is 0 Å². The van der Waals surface area contributed by atoms with Crippen LogP contribution in [0.2, 0.25) is 0 Å². The van der Waals surface area contributed by atoms with Crippen molar-refractivity contribution in [2.75, 3.05) is 106 Å². The van der Waals surface area contributed by atoms with Crippen molar-refractivity contribution < 1.29 is 89.7 Å². The van der Waals surface area contributed by atoms with Gasteiger partial charge in [-0.3, -0.25) is 4.79 Å². The molecule has 0 radical (unpaired) electrons. The first kappa shape index (κ1) is 77.0. The number of allylic oxidation sites excluding steroid dienone is 3. The van der Waals surface area contributed by atoms with Crippen molar-refractivity contribution in [1.82, 2.24) is 17.2 Å². The fourth-order valence-corrected chi connectivity index (χ4v) is 9.41. The minimum atomic E-state index is -3.41. The van der Waals surface area contributed by atoms with E-state index >= 15 is 0 Å². The summed E-state index contributed by atoms with van der Waals surface area (Å²) >= 11 is 0. The van der Waals surface area contributed by atoms with Gasteiger partial charge in [-0.2, -0.15) is 17.2 Å². The van der Waals surface area contributed by atoms with Gasteiger partial charge in [0.25, 0.3) is 0 Å². The van der Waals surface area contributed by atoms with Gasteiger partial charge in [-0.1, -0.05) is 39.2 Å². The van der Waals surface area contributed by atoms with Gasteiger partial charge < -0.3 is 58.7 Å². The summed E-state index contributed by atoms with van der Waals surface area (Å²) in [5, 5.41) is 30.2. The third-order valence-corrected chi connectivity index (χ3v) is 15.5. The van der Waals surface area contributed by atoms with Crippen molar-refractivity contribution in [1.29, 1.82) is 0 Å². The number of sulfonamides is 4. The standard InChI is InChI=1S/C9H19NO5S.C8H15NO5S.C8H15NO3S.C7H13NO3S.C5H10.2CH4.CH3.BrH.Mg/c1-8(2,11)9(12)6-10(16(4,13)14)5-7(9)15-3;1-6(10)8(11)5-9(15(3,12)13)4-7(8)14-2;1-4-7-5-9(13(3,10)11)6-8(7)12-2;1-6-4-8(12(3,9)10)5-7(6)11-2;1-4-5(2)3;;;;;/h7,11-12H,5-6H2,1-4H3;7,11H,4-5H2,1-3H3;4,8H,5-6H2,1-3H3;7H,1,4-5H2,2-3H3;4H,1-3H3;2*1H4;1H3;1H;/q;;;;;;;-1;;+2/p-1/b;;7-4+;;;;;;;/t7-,9-;7-,8+;8-;7-;;;;;;/m0000....../s1. The van der Waals surface area contributed by atoms with Crippen LogP contribution in [-0.2, 0) is 63.8 Å². The number of carbonyl (C=O) groups excluding carboxylic acids is 1. The Hall–Kier alpha value is -0.504. The molecule has 20 nitrogen and oxygen atoms in total. The molecule has 0 aromatic rings. The van der Waals surface area contributed by atoms with E-state index in [1.54, 1.807) is 14.2 Å². The molecule has 3 N–H and O–H groups in total. The normalized spacial score (nSPS) is 26.6. The van der Waals surface area contributed by atoms with Crippen LogP contribution in [0.1, 0.15) is 63.3 Å². The zero-order chi connectivity index (χ0) is 48.3. The Bertz CT molecular complexity index is 2000. The quantitative estimate of drug-likeness (QED) is 0.119. The molecule has 4 heterocycles. The zero-order valence-electron chi connectivity index (χ0n) is 40.5. The van der Waals surface area contributed by atoms with Gasteiger partial charge in [0.1, 0.15) is 17.8 Å². The maximum absolute atomic E-state index is 11.4. The van der Waals surface area contributed by atoms with Gasteiger partial charge in [0.05, 0.1) is 49.4 Å². The number of aliphatic hydroxyl groups is 3. The SMILES string of the molecule is C.C.C/C=C1\CN(S(C)(=O)=O)C[C@@H]1OC.C=C1CN(S(C)(=O)=O)C[C@@H]1OC.CC=C(C)C.CO[C@H]1CN(S(C)(=O)=O)C[C@@]1(O)C(C)(C)O.CO[C@H]1CN(S(C)(=O)=O)C[C@@]1(O)C(C)=O.[Br-].[CH3-].[Mg+2]. The maximum Gasteiger partial charge on any atom is 2.00 e. The molecule has 66 heavy (non-hydrogen) atoms. The predicted molar refractivity (Wildman–Crippen MR) is 259 cm³/mol. The fourth-order valence-electron chi connectivity index (χ4n) is 6.14. The number of ketones is 1. The Labute approximate surface area is 426 Å². The Balaban J connectivity index is -0.000000172. The van der Waals surface area contributed by atoms with E-state index < -0.39 is 74.9 Å². The van der Waals surface area contributed by atoms with Crippen LogP contribution in [0, 0.1) is 7.43 Å². The average molecular weight is 1110 g/mol. The number of ether oxygens (including phenoxy) is 4. The molecule has 0 spiro atoms. The van der Waals surface area contributed by atoms with Crippen LogP contribution in [0.15, 0.2) is 35.5 Å². The number of halogens is 1. The van der Waals surface area contributed by atoms with Crippen molar-refractivity contribution >= 4 is 68.9 Å². The number of Topliss-reactive ketones (excluding diaryl/α,β-unsaturated/α-hetero) is 1. The summed E-state index contributed by atoms with van der Waals surface area (Å²) in [4.78, 5) is 11.3. The summed E-state index contributed by atoms with van der Waals surface area (Å²) in [5.41, 5.74) is -1.52. The first-order valence-corrected chi connectivity index (χ1v) is 26.4. The van der Waals surface area contributed by atoms with Crippen LogP contribution >= 0.6 is 0 Å². The molecule has 392 valence electrons. The smallest absolute Gasteiger partial charge is 1.00 e. The van der Waals surface area contributed by atoms with Gasteiger partial charge in [-0.25, -0.2) is 33.7 Å². The summed E-state index contributed by atoms with van der Waals surface area (Å²) in [7, 11) is -7.09. The first-order valence-electron chi connectivity index (χ1n) is 19.0. The van der Waals surface area contributed by atoms with Crippen LogP contribution in [0.3, 0.4) is 0 Å². The molecular weight excluding hydrogens is 1020 g/mol. The van der Waals surface area contributed by atoms with Crippen LogP contribution < -0.4 is 17.0 Å². The molecular formula is C40H83BrMgN4O16S4. The second kappa shape index (κ2) is 31.1. The van der Waals surface area contributed by atoms with Gasteiger partial charge in [-0.05, 0) is 59.6 Å². The third kappa shape index (κ3) is 22.7. The summed E-state index contributed by atoms with van der Waals surface area (Å²) < 4.78 is 115. The Morgan fingerprint density at radius 3 is 1.26 bits per heavy atom. The number of hydrogen-bond acceptors (Lipinski definition) is 16. The maximum atomic E-state index is 11.4. The molecule has 0 unspecified atom stereocenters. The van der Waals surface area contributed by atoms with Crippen LogP contribution in [-0.4, -0.2) is 242 Å². The molecule has 0 aliphatic carbocycles. The van der Waals surface area contributed by atoms with Crippen LogP contribution in [0.25, 0.3) is 0 Å². The molecule has 0 saturated carbocycles. The topological polar surface area (TPSA) is 264 Å². The summed E-state index contributed by atoms with van der Waals surface area (Å²) in [6, 6.07) is 0. The number of methoxy groups -OCH3 is 4. The molecule has 26 heteroatoms. The van der Waals surface area contributed by atoms with E-state index in [1.165, 1.54) is 61.7 Å². The number of hydrogen-bond donors (Lipinski definition) is 3. The minimum Gasteiger partial charge on any atom is -1.00 e. The minimum absolute atomic E-state index is 0. The average Bonchev–Trinajstić information content (AvgIpc) is 3.91.